The fraction of sp³-hybridized carbons (Fsp3) is 0.704. The molecule has 2 saturated carbocycles. The summed E-state index contributed by atoms with van der Waals surface area (Å²) in [4.78, 5) is 0. The first-order chi connectivity index (χ1) is 13.2. The molecular weight excluding hydrogens is 324 g/mol. The summed E-state index contributed by atoms with van der Waals surface area (Å²) in [5, 5.41) is 0. The van der Waals surface area contributed by atoms with Crippen LogP contribution in [0.15, 0.2) is 30.3 Å². The monoisotopic (exact) mass is 364 g/mol. The maximum Gasteiger partial charge on any atom is -0.0228 e. The normalized spacial score (nSPS) is 34.9. The van der Waals surface area contributed by atoms with Gasteiger partial charge in [-0.2, -0.15) is 0 Å². The smallest absolute Gasteiger partial charge is 0.0228 e. The van der Waals surface area contributed by atoms with Gasteiger partial charge in [0.15, 0.2) is 0 Å². The van der Waals surface area contributed by atoms with Crippen molar-refractivity contribution in [2.45, 2.75) is 90.9 Å². The lowest BCUT2D eigenvalue weighted by Gasteiger charge is -2.40. The Labute approximate surface area is 167 Å². The van der Waals surface area contributed by atoms with Crippen LogP contribution in [-0.4, -0.2) is 0 Å². The molecule has 0 heterocycles. The molecule has 0 nitrogen and oxygen atoms in total. The second-order valence-corrected chi connectivity index (χ2v) is 9.99. The molecule has 0 heteroatoms. The molecule has 0 aromatic heterocycles. The summed E-state index contributed by atoms with van der Waals surface area (Å²) < 4.78 is 0. The van der Waals surface area contributed by atoms with Crippen molar-refractivity contribution in [2.75, 3.05) is 0 Å². The van der Waals surface area contributed by atoms with Gasteiger partial charge in [-0.3, -0.25) is 0 Å². The highest BCUT2D eigenvalue weighted by Crippen LogP contribution is 2.46. The molecule has 27 heavy (non-hydrogen) atoms. The van der Waals surface area contributed by atoms with Crippen LogP contribution in [0.3, 0.4) is 0 Å². The van der Waals surface area contributed by atoms with Crippen molar-refractivity contribution in [3.63, 3.8) is 0 Å². The first-order valence-corrected chi connectivity index (χ1v) is 12.0. The SMILES string of the molecule is CC[C@H]1CC[C@H]([C@H]2CC[C@H](C3CC=C(c4ccc(C)cc4)CC3)CC2)CC1. The van der Waals surface area contributed by atoms with Gasteiger partial charge in [-0.1, -0.05) is 62.1 Å². The second kappa shape index (κ2) is 8.97. The van der Waals surface area contributed by atoms with Gasteiger partial charge < -0.3 is 0 Å². The molecule has 148 valence electrons. The van der Waals surface area contributed by atoms with Crippen LogP contribution in [0.4, 0.5) is 0 Å². The largest absolute Gasteiger partial charge is 0.0804 e. The Kier molecular flexibility index (Phi) is 6.41. The van der Waals surface area contributed by atoms with Gasteiger partial charge in [-0.05, 0) is 105 Å². The van der Waals surface area contributed by atoms with E-state index >= 15 is 0 Å². The molecule has 3 aliphatic carbocycles. The van der Waals surface area contributed by atoms with E-state index in [-0.39, 0.29) is 0 Å². The Morgan fingerprint density at radius 3 is 1.78 bits per heavy atom. The maximum atomic E-state index is 2.58. The molecule has 1 aromatic rings. The van der Waals surface area contributed by atoms with Crippen molar-refractivity contribution in [2.24, 2.45) is 29.6 Å². The summed E-state index contributed by atoms with van der Waals surface area (Å²) in [6.07, 6.45) is 20.3. The molecule has 0 N–H and O–H groups in total. The van der Waals surface area contributed by atoms with Gasteiger partial charge in [0.1, 0.15) is 0 Å². The van der Waals surface area contributed by atoms with Crippen LogP contribution in [0.2, 0.25) is 0 Å². The molecule has 0 amide bonds. The highest BCUT2D eigenvalue weighted by Gasteiger charge is 2.33. The van der Waals surface area contributed by atoms with Crippen molar-refractivity contribution in [1.29, 1.82) is 0 Å². The number of aryl methyl sites for hydroxylation is 1. The summed E-state index contributed by atoms with van der Waals surface area (Å²) in [5.41, 5.74) is 4.44. The van der Waals surface area contributed by atoms with E-state index < -0.39 is 0 Å². The Morgan fingerprint density at radius 1 is 0.704 bits per heavy atom. The van der Waals surface area contributed by atoms with Crippen molar-refractivity contribution >= 4 is 5.57 Å². The minimum absolute atomic E-state index is 0.968. The zero-order chi connectivity index (χ0) is 18.6. The van der Waals surface area contributed by atoms with Gasteiger partial charge in [0.05, 0.1) is 0 Å². The molecule has 4 rings (SSSR count). The number of benzene rings is 1. The molecule has 0 radical (unpaired) electrons. The van der Waals surface area contributed by atoms with Crippen molar-refractivity contribution < 1.29 is 0 Å². The van der Waals surface area contributed by atoms with E-state index in [0.717, 1.165) is 29.6 Å². The predicted molar refractivity (Wildman–Crippen MR) is 118 cm³/mol. The van der Waals surface area contributed by atoms with Crippen molar-refractivity contribution in [3.8, 4) is 0 Å². The standard InChI is InChI=1S/C27H40/c1-3-21-6-10-23(11-7-21)25-14-18-27(19-15-25)26-16-12-24(13-17-26)22-8-4-20(2)5-9-22/h4-5,8-9,12,21,23,25-27H,3,6-7,10-11,13-19H2,1-2H3/t21-,23-,25-,26?,27-. The van der Waals surface area contributed by atoms with Crippen LogP contribution in [0, 0.1) is 36.5 Å². The number of allylic oxidation sites excluding steroid dienone is 2. The Morgan fingerprint density at radius 2 is 1.26 bits per heavy atom. The van der Waals surface area contributed by atoms with Crippen molar-refractivity contribution in [1.82, 2.24) is 0 Å². The van der Waals surface area contributed by atoms with Gasteiger partial charge >= 0.3 is 0 Å². The molecule has 1 atom stereocenters. The average Bonchev–Trinajstić information content (AvgIpc) is 2.75. The molecule has 1 aromatic carbocycles. The van der Waals surface area contributed by atoms with Crippen LogP contribution in [0.1, 0.15) is 95.1 Å². The highest BCUT2D eigenvalue weighted by molar-refractivity contribution is 5.66. The molecule has 3 aliphatic rings. The molecule has 1 unspecified atom stereocenters. The third-order valence-electron chi connectivity index (χ3n) is 8.49. The topological polar surface area (TPSA) is 0 Å². The van der Waals surface area contributed by atoms with E-state index in [0.29, 0.717) is 0 Å². The van der Waals surface area contributed by atoms with E-state index in [1.807, 2.05) is 0 Å². The lowest BCUT2D eigenvalue weighted by Crippen LogP contribution is -2.28. The molecular formula is C27H40. The molecule has 0 spiro atoms. The number of hydrogen-bond acceptors (Lipinski definition) is 0. The lowest BCUT2D eigenvalue weighted by molar-refractivity contribution is 0.122. The summed E-state index contributed by atoms with van der Waals surface area (Å²) in [6.45, 7) is 4.57. The third-order valence-corrected chi connectivity index (χ3v) is 8.49. The quantitative estimate of drug-likeness (QED) is 0.505. The van der Waals surface area contributed by atoms with Gasteiger partial charge in [0, 0.05) is 0 Å². The van der Waals surface area contributed by atoms with E-state index in [1.165, 1.54) is 75.3 Å². The van der Waals surface area contributed by atoms with Crippen LogP contribution < -0.4 is 0 Å². The van der Waals surface area contributed by atoms with E-state index in [2.05, 4.69) is 44.2 Å². The highest BCUT2D eigenvalue weighted by atomic mass is 14.4. The summed E-state index contributed by atoms with van der Waals surface area (Å²) in [5.74, 6) is 5.18. The van der Waals surface area contributed by atoms with Crippen LogP contribution in [0.25, 0.3) is 5.57 Å². The summed E-state index contributed by atoms with van der Waals surface area (Å²) >= 11 is 0. The molecule has 0 saturated heterocycles. The summed E-state index contributed by atoms with van der Waals surface area (Å²) in [7, 11) is 0. The minimum Gasteiger partial charge on any atom is -0.0804 e. The van der Waals surface area contributed by atoms with Gasteiger partial charge in [0.25, 0.3) is 0 Å². The van der Waals surface area contributed by atoms with Gasteiger partial charge in [-0.25, -0.2) is 0 Å². The van der Waals surface area contributed by atoms with Crippen LogP contribution in [0.5, 0.6) is 0 Å². The third kappa shape index (κ3) is 4.69. The molecule has 0 aliphatic heterocycles. The number of hydrogen-bond donors (Lipinski definition) is 0. The Hall–Kier alpha value is -1.04. The van der Waals surface area contributed by atoms with Crippen LogP contribution >= 0.6 is 0 Å². The van der Waals surface area contributed by atoms with E-state index in [4.69, 9.17) is 0 Å². The van der Waals surface area contributed by atoms with Gasteiger partial charge in [-0.15, -0.1) is 0 Å². The zero-order valence-corrected chi connectivity index (χ0v) is 17.8. The fourth-order valence-electron chi connectivity index (χ4n) is 6.47. The Balaban J connectivity index is 1.25. The first-order valence-electron chi connectivity index (χ1n) is 12.0. The van der Waals surface area contributed by atoms with Crippen LogP contribution in [-0.2, 0) is 0 Å². The van der Waals surface area contributed by atoms with E-state index in [9.17, 15) is 0 Å². The lowest BCUT2D eigenvalue weighted by atomic mass is 9.65. The fourth-order valence-corrected chi connectivity index (χ4v) is 6.47. The summed E-state index contributed by atoms with van der Waals surface area (Å²) in [6, 6.07) is 9.16. The second-order valence-electron chi connectivity index (χ2n) is 9.99. The minimum atomic E-state index is 0.968. The predicted octanol–water partition coefficient (Wildman–Crippen LogP) is 8.20. The number of rotatable bonds is 4. The zero-order valence-electron chi connectivity index (χ0n) is 17.8. The van der Waals surface area contributed by atoms with Crippen molar-refractivity contribution in [3.05, 3.63) is 41.5 Å². The first kappa shape index (κ1) is 19.3. The average molecular weight is 365 g/mol. The molecule has 0 bridgehead atoms. The maximum absolute atomic E-state index is 2.58. The Bertz CT molecular complexity index is 606. The van der Waals surface area contributed by atoms with Gasteiger partial charge in [0.2, 0.25) is 0 Å². The van der Waals surface area contributed by atoms with E-state index in [1.54, 1.807) is 18.4 Å². The molecule has 2 fully saturated rings.